The maximum Gasteiger partial charge on any atom is 0.341 e. The topological polar surface area (TPSA) is 68.5 Å². The van der Waals surface area contributed by atoms with Gasteiger partial charge in [-0.25, -0.2) is 13.6 Å². The molecule has 29 heavy (non-hydrogen) atoms. The van der Waals surface area contributed by atoms with Crippen molar-refractivity contribution in [2.75, 3.05) is 0 Å². The minimum atomic E-state index is -1.44. The molecule has 1 N–H and O–H groups in total. The number of aromatic nitrogens is 1. The third kappa shape index (κ3) is 4.26. The van der Waals surface area contributed by atoms with E-state index in [2.05, 4.69) is 0 Å². The smallest absolute Gasteiger partial charge is 0.341 e. The SMILES string of the molecule is CCn1c(Oc2cc(F)cc(F)c2)cc(=O)c(C(=O)O)c1-c1ccc(Cl)c(Cl)c1. The molecule has 0 atom stereocenters. The van der Waals surface area contributed by atoms with E-state index in [1.807, 2.05) is 0 Å². The fourth-order valence-electron chi connectivity index (χ4n) is 2.88. The summed E-state index contributed by atoms with van der Waals surface area (Å²) in [6.45, 7) is 1.87. The summed E-state index contributed by atoms with van der Waals surface area (Å²) in [5, 5.41) is 10.0. The highest BCUT2D eigenvalue weighted by Crippen LogP contribution is 2.33. The summed E-state index contributed by atoms with van der Waals surface area (Å²) in [7, 11) is 0. The Morgan fingerprint density at radius 2 is 1.72 bits per heavy atom. The number of ether oxygens (including phenoxy) is 1. The molecule has 150 valence electrons. The number of pyridine rings is 1. The molecule has 1 aromatic heterocycles. The molecule has 3 rings (SSSR count). The van der Waals surface area contributed by atoms with Crippen LogP contribution in [0, 0.1) is 11.6 Å². The number of halogens is 4. The van der Waals surface area contributed by atoms with E-state index in [4.69, 9.17) is 27.9 Å². The molecule has 0 aliphatic heterocycles. The second kappa shape index (κ2) is 8.23. The van der Waals surface area contributed by atoms with Gasteiger partial charge in [0.2, 0.25) is 11.3 Å². The molecule has 0 amide bonds. The number of benzene rings is 2. The largest absolute Gasteiger partial charge is 0.477 e. The normalized spacial score (nSPS) is 10.8. The Hall–Kier alpha value is -2.90. The molecule has 0 aliphatic rings. The lowest BCUT2D eigenvalue weighted by Crippen LogP contribution is -2.21. The number of aromatic carboxylic acids is 1. The van der Waals surface area contributed by atoms with E-state index in [1.54, 1.807) is 6.92 Å². The van der Waals surface area contributed by atoms with Crippen LogP contribution in [0.3, 0.4) is 0 Å². The summed E-state index contributed by atoms with van der Waals surface area (Å²) in [6, 6.07) is 7.90. The minimum absolute atomic E-state index is 0.0259. The molecule has 0 fully saturated rings. The van der Waals surface area contributed by atoms with Crippen LogP contribution in [0.4, 0.5) is 8.78 Å². The fraction of sp³-hybridized carbons (Fsp3) is 0.100. The first kappa shape index (κ1) is 20.8. The molecular formula is C20H13Cl2F2NO4. The average molecular weight is 440 g/mol. The molecule has 9 heteroatoms. The van der Waals surface area contributed by atoms with E-state index in [1.165, 1.54) is 22.8 Å². The maximum atomic E-state index is 13.5. The van der Waals surface area contributed by atoms with Gasteiger partial charge in [0.15, 0.2) is 0 Å². The summed E-state index contributed by atoms with van der Waals surface area (Å²) in [5.41, 5.74) is -0.997. The van der Waals surface area contributed by atoms with Gasteiger partial charge in [-0.1, -0.05) is 29.3 Å². The molecule has 0 radical (unpaired) electrons. The van der Waals surface area contributed by atoms with Crippen LogP contribution in [0.25, 0.3) is 11.3 Å². The second-order valence-corrected chi connectivity index (χ2v) is 6.77. The molecular weight excluding hydrogens is 427 g/mol. The lowest BCUT2D eigenvalue weighted by molar-refractivity contribution is 0.0695. The van der Waals surface area contributed by atoms with Crippen molar-refractivity contribution in [3.8, 4) is 22.9 Å². The van der Waals surface area contributed by atoms with Crippen molar-refractivity contribution in [1.29, 1.82) is 0 Å². The number of carboxylic acid groups (broad SMARTS) is 1. The van der Waals surface area contributed by atoms with Crippen molar-refractivity contribution in [3.05, 3.63) is 79.9 Å². The molecule has 0 saturated heterocycles. The van der Waals surface area contributed by atoms with Crippen molar-refractivity contribution in [3.63, 3.8) is 0 Å². The Bertz CT molecular complexity index is 1160. The van der Waals surface area contributed by atoms with Crippen LogP contribution in [0.1, 0.15) is 17.3 Å². The average Bonchev–Trinajstić information content (AvgIpc) is 2.62. The van der Waals surface area contributed by atoms with Crippen LogP contribution < -0.4 is 10.2 Å². The van der Waals surface area contributed by atoms with Gasteiger partial charge in [-0.2, -0.15) is 0 Å². The summed E-state index contributed by atoms with van der Waals surface area (Å²) < 4.78 is 33.9. The monoisotopic (exact) mass is 439 g/mol. The molecule has 2 aromatic carbocycles. The van der Waals surface area contributed by atoms with E-state index >= 15 is 0 Å². The van der Waals surface area contributed by atoms with Crippen LogP contribution in [0.5, 0.6) is 11.6 Å². The van der Waals surface area contributed by atoms with Crippen molar-refractivity contribution >= 4 is 29.2 Å². The van der Waals surface area contributed by atoms with E-state index in [9.17, 15) is 23.5 Å². The second-order valence-electron chi connectivity index (χ2n) is 5.96. The van der Waals surface area contributed by atoms with E-state index in [-0.39, 0.29) is 33.9 Å². The first-order valence-electron chi connectivity index (χ1n) is 8.31. The van der Waals surface area contributed by atoms with Gasteiger partial charge in [0, 0.05) is 36.4 Å². The number of hydrogen-bond donors (Lipinski definition) is 1. The summed E-state index contributed by atoms with van der Waals surface area (Å²) in [6.07, 6.45) is 0. The van der Waals surface area contributed by atoms with Gasteiger partial charge in [-0.3, -0.25) is 4.79 Å². The Kier molecular flexibility index (Phi) is 5.91. The van der Waals surface area contributed by atoms with Crippen LogP contribution in [-0.2, 0) is 6.54 Å². The summed E-state index contributed by atoms with van der Waals surface area (Å²) in [4.78, 5) is 24.3. The lowest BCUT2D eigenvalue weighted by atomic mass is 10.0. The quantitative estimate of drug-likeness (QED) is 0.560. The molecule has 0 saturated carbocycles. The van der Waals surface area contributed by atoms with Crippen molar-refractivity contribution in [2.45, 2.75) is 13.5 Å². The van der Waals surface area contributed by atoms with Gasteiger partial charge in [-0.05, 0) is 19.1 Å². The van der Waals surface area contributed by atoms with E-state index in [0.717, 1.165) is 18.2 Å². The Morgan fingerprint density at radius 3 is 2.28 bits per heavy atom. The highest BCUT2D eigenvalue weighted by Gasteiger charge is 2.23. The summed E-state index contributed by atoms with van der Waals surface area (Å²) >= 11 is 12.0. The zero-order valence-corrected chi connectivity index (χ0v) is 16.4. The predicted molar refractivity (Wildman–Crippen MR) is 105 cm³/mol. The van der Waals surface area contributed by atoms with Crippen LogP contribution in [0.15, 0.2) is 47.3 Å². The van der Waals surface area contributed by atoms with Crippen LogP contribution >= 0.6 is 23.2 Å². The van der Waals surface area contributed by atoms with Crippen molar-refractivity contribution in [2.24, 2.45) is 0 Å². The van der Waals surface area contributed by atoms with Gasteiger partial charge < -0.3 is 14.4 Å². The highest BCUT2D eigenvalue weighted by atomic mass is 35.5. The van der Waals surface area contributed by atoms with Crippen LogP contribution in [-0.4, -0.2) is 15.6 Å². The standard InChI is InChI=1S/C20H13Cl2F2NO4/c1-2-25-17(29-13-7-11(23)6-12(24)8-13)9-16(26)18(20(27)28)19(25)10-3-4-14(21)15(22)5-10/h3-9H,2H2,1H3,(H,27,28). The Balaban J connectivity index is 2.28. The first-order chi connectivity index (χ1) is 13.7. The Labute approximate surface area is 173 Å². The Morgan fingerprint density at radius 1 is 1.07 bits per heavy atom. The maximum absolute atomic E-state index is 13.5. The molecule has 0 unspecified atom stereocenters. The van der Waals surface area contributed by atoms with E-state index in [0.29, 0.717) is 11.6 Å². The zero-order chi connectivity index (χ0) is 21.3. The molecule has 0 bridgehead atoms. The van der Waals surface area contributed by atoms with Gasteiger partial charge in [0.25, 0.3) is 0 Å². The van der Waals surface area contributed by atoms with Crippen LogP contribution in [0.2, 0.25) is 10.0 Å². The minimum Gasteiger partial charge on any atom is -0.477 e. The fourth-order valence-corrected chi connectivity index (χ4v) is 3.18. The number of rotatable bonds is 5. The number of carbonyl (C=O) groups is 1. The van der Waals surface area contributed by atoms with Crippen molar-refractivity contribution < 1.29 is 23.4 Å². The number of hydrogen-bond acceptors (Lipinski definition) is 3. The predicted octanol–water partition coefficient (Wildman–Crippen LogP) is 5.61. The van der Waals surface area contributed by atoms with Crippen molar-refractivity contribution in [1.82, 2.24) is 4.57 Å². The lowest BCUT2D eigenvalue weighted by Gasteiger charge is -2.20. The van der Waals surface area contributed by atoms with Gasteiger partial charge >= 0.3 is 5.97 Å². The van der Waals surface area contributed by atoms with E-state index < -0.39 is 28.6 Å². The van der Waals surface area contributed by atoms with Gasteiger partial charge in [0.05, 0.1) is 15.7 Å². The zero-order valence-electron chi connectivity index (χ0n) is 14.9. The molecule has 3 aromatic rings. The molecule has 0 spiro atoms. The van der Waals surface area contributed by atoms with Gasteiger partial charge in [0.1, 0.15) is 22.9 Å². The van der Waals surface area contributed by atoms with Gasteiger partial charge in [-0.15, -0.1) is 0 Å². The third-order valence-electron chi connectivity index (χ3n) is 4.06. The molecule has 0 aliphatic carbocycles. The highest BCUT2D eigenvalue weighted by molar-refractivity contribution is 6.42. The third-order valence-corrected chi connectivity index (χ3v) is 4.79. The summed E-state index contributed by atoms with van der Waals surface area (Å²) in [5.74, 6) is -3.45. The number of nitrogens with zero attached hydrogens (tertiary/aromatic N) is 1. The molecule has 5 nitrogen and oxygen atoms in total. The first-order valence-corrected chi connectivity index (χ1v) is 9.07. The number of carboxylic acids is 1. The molecule has 1 heterocycles.